The summed E-state index contributed by atoms with van der Waals surface area (Å²) >= 11 is 0. The number of aromatic hydroxyl groups is 2. The number of nitrogens with zero attached hydrogens (tertiary/aromatic N) is 1. The number of hydrogen-bond acceptors (Lipinski definition) is 4. The molecule has 5 heteroatoms. The monoisotopic (exact) mass is 320 g/mol. The zero-order valence-corrected chi connectivity index (χ0v) is 13.0. The Kier molecular flexibility index (Phi) is 4.16. The predicted octanol–water partition coefficient (Wildman–Crippen LogP) is 3.41. The van der Waals surface area contributed by atoms with Crippen LogP contribution >= 0.6 is 0 Å². The molecule has 0 radical (unpaired) electrons. The smallest absolute Gasteiger partial charge is 0.275 e. The summed E-state index contributed by atoms with van der Waals surface area (Å²) in [5.74, 6) is -0.918. The van der Waals surface area contributed by atoms with Crippen LogP contribution in [0.4, 0.5) is 0 Å². The molecule has 3 rings (SSSR count). The molecular formula is C19H16N2O3. The molecule has 0 spiro atoms. The molecule has 0 saturated carbocycles. The number of hydrazone groups is 1. The van der Waals surface area contributed by atoms with Crippen molar-refractivity contribution < 1.29 is 15.0 Å². The topological polar surface area (TPSA) is 81.9 Å². The third-order valence-electron chi connectivity index (χ3n) is 3.73. The lowest BCUT2D eigenvalue weighted by Gasteiger charge is -2.07. The molecule has 0 unspecified atom stereocenters. The summed E-state index contributed by atoms with van der Waals surface area (Å²) in [6.07, 6.45) is 0. The minimum absolute atomic E-state index is 0.0375. The zero-order chi connectivity index (χ0) is 17.1. The summed E-state index contributed by atoms with van der Waals surface area (Å²) in [4.78, 5) is 12.1. The first-order valence-electron chi connectivity index (χ1n) is 7.41. The second kappa shape index (κ2) is 6.42. The Hall–Kier alpha value is -3.34. The van der Waals surface area contributed by atoms with E-state index in [4.69, 9.17) is 0 Å². The van der Waals surface area contributed by atoms with Crippen LogP contribution < -0.4 is 5.43 Å². The highest BCUT2D eigenvalue weighted by Gasteiger charge is 2.12. The van der Waals surface area contributed by atoms with Gasteiger partial charge in [0.1, 0.15) is 11.5 Å². The highest BCUT2D eigenvalue weighted by Crippen LogP contribution is 2.22. The minimum atomic E-state index is -0.594. The highest BCUT2D eigenvalue weighted by atomic mass is 16.3. The fourth-order valence-corrected chi connectivity index (χ4v) is 2.50. The Bertz CT molecular complexity index is 943. The lowest BCUT2D eigenvalue weighted by Crippen LogP contribution is -2.19. The molecule has 0 aliphatic heterocycles. The van der Waals surface area contributed by atoms with E-state index < -0.39 is 5.91 Å². The summed E-state index contributed by atoms with van der Waals surface area (Å²) in [7, 11) is 0. The number of phenols is 2. The van der Waals surface area contributed by atoms with E-state index in [0.29, 0.717) is 5.71 Å². The van der Waals surface area contributed by atoms with Gasteiger partial charge in [-0.05, 0) is 35.9 Å². The lowest BCUT2D eigenvalue weighted by molar-refractivity contribution is 0.0951. The molecule has 3 aromatic rings. The van der Waals surface area contributed by atoms with Crippen LogP contribution in [0.15, 0.2) is 65.8 Å². The minimum Gasteiger partial charge on any atom is -0.508 e. The van der Waals surface area contributed by atoms with E-state index >= 15 is 0 Å². The van der Waals surface area contributed by atoms with Crippen LogP contribution in [0.2, 0.25) is 0 Å². The molecule has 0 bridgehead atoms. The molecule has 0 atom stereocenters. The number of amides is 1. The van der Waals surface area contributed by atoms with Crippen molar-refractivity contribution in [3.63, 3.8) is 0 Å². The third-order valence-corrected chi connectivity index (χ3v) is 3.73. The SMILES string of the molecule is C/C(=N\NC(=O)c1cc(O)ccc1O)c1cccc2ccccc12. The van der Waals surface area contributed by atoms with Crippen molar-refractivity contribution in [2.75, 3.05) is 0 Å². The van der Waals surface area contributed by atoms with Gasteiger partial charge >= 0.3 is 0 Å². The molecule has 0 aliphatic carbocycles. The van der Waals surface area contributed by atoms with Crippen LogP contribution in [-0.4, -0.2) is 21.8 Å². The van der Waals surface area contributed by atoms with Crippen LogP contribution in [0.3, 0.4) is 0 Å². The molecule has 120 valence electrons. The van der Waals surface area contributed by atoms with Gasteiger partial charge < -0.3 is 10.2 Å². The number of hydrogen-bond donors (Lipinski definition) is 3. The van der Waals surface area contributed by atoms with Gasteiger partial charge in [0, 0.05) is 5.56 Å². The molecule has 0 aliphatic rings. The van der Waals surface area contributed by atoms with Crippen molar-refractivity contribution in [3.05, 3.63) is 71.8 Å². The van der Waals surface area contributed by atoms with Crippen LogP contribution in [0.5, 0.6) is 11.5 Å². The van der Waals surface area contributed by atoms with Gasteiger partial charge in [-0.1, -0.05) is 42.5 Å². The van der Waals surface area contributed by atoms with Gasteiger partial charge in [-0.2, -0.15) is 5.10 Å². The van der Waals surface area contributed by atoms with Crippen LogP contribution in [0, 0.1) is 0 Å². The largest absolute Gasteiger partial charge is 0.508 e. The summed E-state index contributed by atoms with van der Waals surface area (Å²) in [6, 6.07) is 17.5. The normalized spacial score (nSPS) is 11.5. The number of carbonyl (C=O) groups excluding carboxylic acids is 1. The molecule has 24 heavy (non-hydrogen) atoms. The number of fused-ring (bicyclic) bond motifs is 1. The Morgan fingerprint density at radius 3 is 2.54 bits per heavy atom. The summed E-state index contributed by atoms with van der Waals surface area (Å²) in [5.41, 5.74) is 3.92. The lowest BCUT2D eigenvalue weighted by atomic mass is 10.0. The molecular weight excluding hydrogens is 304 g/mol. The van der Waals surface area contributed by atoms with Crippen molar-refractivity contribution in [2.24, 2.45) is 5.10 Å². The van der Waals surface area contributed by atoms with Crippen molar-refractivity contribution in [1.82, 2.24) is 5.43 Å². The van der Waals surface area contributed by atoms with E-state index in [0.717, 1.165) is 16.3 Å². The highest BCUT2D eigenvalue weighted by molar-refractivity contribution is 6.10. The second-order valence-corrected chi connectivity index (χ2v) is 5.37. The number of phenolic OH excluding ortho intramolecular Hbond substituents is 2. The van der Waals surface area contributed by atoms with Crippen LogP contribution in [0.25, 0.3) is 10.8 Å². The van der Waals surface area contributed by atoms with E-state index in [1.807, 2.05) is 42.5 Å². The van der Waals surface area contributed by atoms with Crippen molar-refractivity contribution in [3.8, 4) is 11.5 Å². The van der Waals surface area contributed by atoms with Crippen LogP contribution in [-0.2, 0) is 0 Å². The molecule has 0 saturated heterocycles. The predicted molar refractivity (Wildman–Crippen MR) is 93.4 cm³/mol. The second-order valence-electron chi connectivity index (χ2n) is 5.37. The molecule has 0 fully saturated rings. The number of rotatable bonds is 3. The standard InChI is InChI=1S/C19H16N2O3/c1-12(15-8-4-6-13-5-2-3-7-16(13)15)20-21-19(24)17-11-14(22)9-10-18(17)23/h2-11,22-23H,1H3,(H,21,24)/b20-12+. The van der Waals surface area contributed by atoms with Gasteiger partial charge in [-0.25, -0.2) is 5.43 Å². The van der Waals surface area contributed by atoms with Gasteiger partial charge in [0.15, 0.2) is 0 Å². The first-order valence-corrected chi connectivity index (χ1v) is 7.41. The maximum absolute atomic E-state index is 12.1. The maximum atomic E-state index is 12.1. The quantitative estimate of drug-likeness (QED) is 0.393. The Balaban J connectivity index is 1.88. The Labute approximate surface area is 138 Å². The summed E-state index contributed by atoms with van der Waals surface area (Å²) < 4.78 is 0. The number of nitrogens with one attached hydrogen (secondary N) is 1. The van der Waals surface area contributed by atoms with Crippen molar-refractivity contribution >= 4 is 22.4 Å². The van der Waals surface area contributed by atoms with E-state index in [1.165, 1.54) is 18.2 Å². The Morgan fingerprint density at radius 1 is 0.958 bits per heavy atom. The fraction of sp³-hybridized carbons (Fsp3) is 0.0526. The summed E-state index contributed by atoms with van der Waals surface area (Å²) in [6.45, 7) is 1.80. The molecule has 5 nitrogen and oxygen atoms in total. The zero-order valence-electron chi connectivity index (χ0n) is 13.0. The number of carbonyl (C=O) groups is 1. The van der Waals surface area contributed by atoms with Gasteiger partial charge in [0.2, 0.25) is 0 Å². The molecule has 0 aromatic heterocycles. The van der Waals surface area contributed by atoms with Gasteiger partial charge in [0.05, 0.1) is 11.3 Å². The maximum Gasteiger partial charge on any atom is 0.275 e. The number of benzene rings is 3. The molecule has 0 heterocycles. The average Bonchev–Trinajstić information content (AvgIpc) is 2.61. The van der Waals surface area contributed by atoms with Gasteiger partial charge in [-0.15, -0.1) is 0 Å². The Morgan fingerprint density at radius 2 is 1.71 bits per heavy atom. The average molecular weight is 320 g/mol. The van der Waals surface area contributed by atoms with E-state index in [2.05, 4.69) is 10.5 Å². The van der Waals surface area contributed by atoms with Crippen LogP contribution in [0.1, 0.15) is 22.8 Å². The first-order chi connectivity index (χ1) is 11.6. The van der Waals surface area contributed by atoms with E-state index in [-0.39, 0.29) is 17.1 Å². The van der Waals surface area contributed by atoms with Crippen molar-refractivity contribution in [1.29, 1.82) is 0 Å². The van der Waals surface area contributed by atoms with E-state index in [1.54, 1.807) is 6.92 Å². The van der Waals surface area contributed by atoms with Gasteiger partial charge in [0.25, 0.3) is 5.91 Å². The molecule has 3 aromatic carbocycles. The third kappa shape index (κ3) is 3.05. The van der Waals surface area contributed by atoms with E-state index in [9.17, 15) is 15.0 Å². The first kappa shape index (κ1) is 15.6. The van der Waals surface area contributed by atoms with Crippen molar-refractivity contribution in [2.45, 2.75) is 6.92 Å². The van der Waals surface area contributed by atoms with Gasteiger partial charge in [-0.3, -0.25) is 4.79 Å². The molecule has 1 amide bonds. The fourth-order valence-electron chi connectivity index (χ4n) is 2.50. The summed E-state index contributed by atoms with van der Waals surface area (Å²) in [5, 5.41) is 25.4. The molecule has 3 N–H and O–H groups in total.